The molecule has 0 unspecified atom stereocenters. The van der Waals surface area contributed by atoms with Crippen molar-refractivity contribution in [2.24, 2.45) is 0 Å². The van der Waals surface area contributed by atoms with Gasteiger partial charge in [-0.05, 0) is 25.0 Å². The van der Waals surface area contributed by atoms with E-state index in [0.717, 1.165) is 12.8 Å². The van der Waals surface area contributed by atoms with Crippen LogP contribution in [0.4, 0.5) is 4.39 Å². The largest absolute Gasteiger partial charge is 0.343 e. The van der Waals surface area contributed by atoms with Crippen molar-refractivity contribution in [3.8, 4) is 11.4 Å². The van der Waals surface area contributed by atoms with Crippen LogP contribution in [0.25, 0.3) is 11.4 Å². The molecule has 1 aliphatic rings. The van der Waals surface area contributed by atoms with Crippen LogP contribution in [-0.4, -0.2) is 14.8 Å². The van der Waals surface area contributed by atoms with Gasteiger partial charge in [-0.2, -0.15) is 5.10 Å². The zero-order valence-electron chi connectivity index (χ0n) is 8.48. The summed E-state index contributed by atoms with van der Waals surface area (Å²) in [5.41, 5.74) is 0.105. The van der Waals surface area contributed by atoms with Crippen molar-refractivity contribution in [3.05, 3.63) is 40.6 Å². The quantitative estimate of drug-likeness (QED) is 0.835. The predicted octanol–water partition coefficient (Wildman–Crippen LogP) is 1.71. The fraction of sp³-hybridized carbons (Fsp3) is 0.273. The number of hydrogen-bond donors (Lipinski definition) is 1. The first-order valence-electron chi connectivity index (χ1n) is 5.19. The molecule has 0 aliphatic heterocycles. The van der Waals surface area contributed by atoms with Gasteiger partial charge in [0.05, 0.1) is 5.56 Å². The van der Waals surface area contributed by atoms with Crippen molar-refractivity contribution in [1.82, 2.24) is 14.8 Å². The van der Waals surface area contributed by atoms with Crippen molar-refractivity contribution < 1.29 is 4.39 Å². The third-order valence-electron chi connectivity index (χ3n) is 2.73. The Bertz CT molecular complexity index is 583. The second-order valence-corrected chi connectivity index (χ2v) is 3.93. The van der Waals surface area contributed by atoms with Gasteiger partial charge in [0, 0.05) is 6.04 Å². The minimum Gasteiger partial charge on any atom is -0.272 e. The van der Waals surface area contributed by atoms with Gasteiger partial charge in [-0.25, -0.2) is 14.3 Å². The lowest BCUT2D eigenvalue weighted by molar-refractivity contribution is 0.625. The summed E-state index contributed by atoms with van der Waals surface area (Å²) in [4.78, 5) is 11.5. The van der Waals surface area contributed by atoms with Crippen LogP contribution in [0.5, 0.6) is 0 Å². The first-order valence-corrected chi connectivity index (χ1v) is 5.19. The molecule has 0 bridgehead atoms. The monoisotopic (exact) mass is 219 g/mol. The Labute approximate surface area is 90.7 Å². The number of nitrogens with zero attached hydrogens (tertiary/aromatic N) is 2. The summed E-state index contributed by atoms with van der Waals surface area (Å²) in [6.45, 7) is 0. The van der Waals surface area contributed by atoms with Gasteiger partial charge in [0.2, 0.25) is 0 Å². The van der Waals surface area contributed by atoms with Crippen LogP contribution in [0.3, 0.4) is 0 Å². The SMILES string of the molecule is O=c1[nH]nc(-c2ccccc2F)n1C1CC1. The molecule has 16 heavy (non-hydrogen) atoms. The van der Waals surface area contributed by atoms with E-state index in [-0.39, 0.29) is 17.5 Å². The lowest BCUT2D eigenvalue weighted by atomic mass is 10.2. The Kier molecular flexibility index (Phi) is 1.92. The number of benzene rings is 1. The smallest absolute Gasteiger partial charge is 0.272 e. The number of aromatic amines is 1. The lowest BCUT2D eigenvalue weighted by Crippen LogP contribution is -2.16. The van der Waals surface area contributed by atoms with Crippen LogP contribution < -0.4 is 5.69 Å². The van der Waals surface area contributed by atoms with E-state index < -0.39 is 0 Å². The first kappa shape index (κ1) is 9.33. The Hall–Kier alpha value is -1.91. The average molecular weight is 219 g/mol. The molecule has 1 saturated carbocycles. The van der Waals surface area contributed by atoms with Gasteiger partial charge in [-0.15, -0.1) is 0 Å². The highest BCUT2D eigenvalue weighted by Crippen LogP contribution is 2.36. The van der Waals surface area contributed by atoms with Gasteiger partial charge >= 0.3 is 5.69 Å². The molecule has 1 fully saturated rings. The van der Waals surface area contributed by atoms with E-state index in [0.29, 0.717) is 11.4 Å². The van der Waals surface area contributed by atoms with Gasteiger partial charge in [0.25, 0.3) is 0 Å². The highest BCUT2D eigenvalue weighted by atomic mass is 19.1. The maximum absolute atomic E-state index is 13.6. The highest BCUT2D eigenvalue weighted by Gasteiger charge is 2.29. The molecule has 0 amide bonds. The topological polar surface area (TPSA) is 50.7 Å². The molecule has 4 nitrogen and oxygen atoms in total. The zero-order chi connectivity index (χ0) is 11.1. The van der Waals surface area contributed by atoms with Gasteiger partial charge in [0.1, 0.15) is 5.82 Å². The van der Waals surface area contributed by atoms with Gasteiger partial charge in [-0.1, -0.05) is 12.1 Å². The second kappa shape index (κ2) is 3.30. The lowest BCUT2D eigenvalue weighted by Gasteiger charge is -2.04. The second-order valence-electron chi connectivity index (χ2n) is 3.93. The fourth-order valence-corrected chi connectivity index (χ4v) is 1.81. The predicted molar refractivity (Wildman–Crippen MR) is 56.5 cm³/mol. The van der Waals surface area contributed by atoms with Crippen LogP contribution in [-0.2, 0) is 0 Å². The molecule has 1 heterocycles. The normalized spacial score (nSPS) is 15.3. The summed E-state index contributed by atoms with van der Waals surface area (Å²) in [5.74, 6) is 0.0361. The van der Waals surface area contributed by atoms with Crippen molar-refractivity contribution in [3.63, 3.8) is 0 Å². The molecule has 5 heteroatoms. The number of nitrogens with one attached hydrogen (secondary N) is 1. The minimum absolute atomic E-state index is 0.181. The molecule has 1 N–H and O–H groups in total. The van der Waals surface area contributed by atoms with Gasteiger partial charge in [0.15, 0.2) is 5.82 Å². The Morgan fingerprint density at radius 1 is 1.38 bits per heavy atom. The van der Waals surface area contributed by atoms with E-state index in [9.17, 15) is 9.18 Å². The molecule has 0 radical (unpaired) electrons. The average Bonchev–Trinajstić information content (AvgIpc) is 3.04. The van der Waals surface area contributed by atoms with Gasteiger partial charge in [-0.3, -0.25) is 4.57 Å². The first-order chi connectivity index (χ1) is 7.77. The standard InChI is InChI=1S/C11H10FN3O/c12-9-4-2-1-3-8(9)10-13-14-11(16)15(10)7-5-6-7/h1-4,7H,5-6H2,(H,14,16). The molecule has 1 aromatic heterocycles. The summed E-state index contributed by atoms with van der Waals surface area (Å²) >= 11 is 0. The Morgan fingerprint density at radius 3 is 2.81 bits per heavy atom. The van der Waals surface area contributed by atoms with Crippen LogP contribution >= 0.6 is 0 Å². The molecule has 1 aliphatic carbocycles. The summed E-state index contributed by atoms with van der Waals surface area (Å²) in [5, 5.41) is 6.27. The van der Waals surface area contributed by atoms with Crippen LogP contribution in [0, 0.1) is 5.82 Å². The summed E-state index contributed by atoms with van der Waals surface area (Å²) < 4.78 is 15.1. The third-order valence-corrected chi connectivity index (χ3v) is 2.73. The maximum Gasteiger partial charge on any atom is 0.343 e. The van der Waals surface area contributed by atoms with Crippen LogP contribution in [0.2, 0.25) is 0 Å². The molecular weight excluding hydrogens is 209 g/mol. The molecule has 0 spiro atoms. The van der Waals surface area contributed by atoms with E-state index in [2.05, 4.69) is 10.2 Å². The molecule has 82 valence electrons. The zero-order valence-corrected chi connectivity index (χ0v) is 8.48. The maximum atomic E-state index is 13.6. The van der Waals surface area contributed by atoms with E-state index in [1.54, 1.807) is 22.8 Å². The Morgan fingerprint density at radius 2 is 2.12 bits per heavy atom. The van der Waals surface area contributed by atoms with E-state index in [1.165, 1.54) is 6.07 Å². The molecule has 1 aromatic carbocycles. The third kappa shape index (κ3) is 1.36. The Balaban J connectivity index is 2.20. The van der Waals surface area contributed by atoms with Crippen molar-refractivity contribution in [2.75, 3.05) is 0 Å². The molecule has 0 atom stereocenters. The minimum atomic E-state index is -0.358. The van der Waals surface area contributed by atoms with Crippen molar-refractivity contribution >= 4 is 0 Å². The van der Waals surface area contributed by atoms with Crippen molar-refractivity contribution in [2.45, 2.75) is 18.9 Å². The number of H-pyrrole nitrogens is 1. The number of aromatic nitrogens is 3. The molecule has 3 rings (SSSR count). The summed E-state index contributed by atoms with van der Waals surface area (Å²) in [6.07, 6.45) is 1.92. The van der Waals surface area contributed by atoms with E-state index in [4.69, 9.17) is 0 Å². The van der Waals surface area contributed by atoms with E-state index in [1.807, 2.05) is 0 Å². The molecule has 0 saturated heterocycles. The summed E-state index contributed by atoms with van der Waals surface area (Å²) in [7, 11) is 0. The molecular formula is C11H10FN3O. The van der Waals surface area contributed by atoms with Crippen LogP contribution in [0.1, 0.15) is 18.9 Å². The van der Waals surface area contributed by atoms with Crippen molar-refractivity contribution in [1.29, 1.82) is 0 Å². The molecule has 2 aromatic rings. The highest BCUT2D eigenvalue weighted by molar-refractivity contribution is 5.56. The number of rotatable bonds is 2. The van der Waals surface area contributed by atoms with Gasteiger partial charge < -0.3 is 0 Å². The summed E-state index contributed by atoms with van der Waals surface area (Å²) in [6, 6.07) is 6.52. The number of halogens is 1. The fourth-order valence-electron chi connectivity index (χ4n) is 1.81. The number of hydrogen-bond acceptors (Lipinski definition) is 2. The van der Waals surface area contributed by atoms with E-state index >= 15 is 0 Å². The van der Waals surface area contributed by atoms with Crippen LogP contribution in [0.15, 0.2) is 29.1 Å².